The summed E-state index contributed by atoms with van der Waals surface area (Å²) in [5.74, 6) is 5.45. The third-order valence-electron chi connectivity index (χ3n) is 17.4. The van der Waals surface area contributed by atoms with Gasteiger partial charge in [0.05, 0.1) is 28.4 Å². The minimum Gasteiger partial charge on any atom is -0.475 e. The van der Waals surface area contributed by atoms with Crippen molar-refractivity contribution >= 4 is 47.4 Å². The van der Waals surface area contributed by atoms with Gasteiger partial charge < -0.3 is 50.0 Å². The SMILES string of the molecule is O=C(CSC1NC(=O)N(CC2CCCO2)C2CCCC12)NCc1cccc(OC2C3CCCCC(C3)C3CN2CCC3CN2C(=O)NC(SCC(=O)NCc3ccc4c(c3)OCO4)C3CCCCC32)c1. The third-order valence-corrected chi connectivity index (χ3v) is 19.9. The Morgan fingerprint density at radius 2 is 1.36 bits per heavy atom. The van der Waals surface area contributed by atoms with Crippen LogP contribution in [0.25, 0.3) is 0 Å². The molecule has 3 saturated carbocycles. The van der Waals surface area contributed by atoms with E-state index in [1.54, 1.807) is 23.5 Å². The van der Waals surface area contributed by atoms with Crippen LogP contribution in [0.5, 0.6) is 17.2 Å². The Kier molecular flexibility index (Phi) is 15.1. The van der Waals surface area contributed by atoms with Gasteiger partial charge in [-0.15, -0.1) is 23.5 Å². The minimum atomic E-state index is -0.0783. The van der Waals surface area contributed by atoms with Crippen LogP contribution >= 0.6 is 23.5 Å². The minimum absolute atomic E-state index is 0.00691. The smallest absolute Gasteiger partial charge is 0.318 e. The predicted molar refractivity (Wildman–Crippen MR) is 269 cm³/mol. The highest BCUT2D eigenvalue weighted by Crippen LogP contribution is 2.47. The summed E-state index contributed by atoms with van der Waals surface area (Å²) in [5, 5.41) is 12.7. The van der Waals surface area contributed by atoms with Gasteiger partial charge >= 0.3 is 12.1 Å². The maximum atomic E-state index is 14.2. The zero-order valence-corrected chi connectivity index (χ0v) is 42.2. The van der Waals surface area contributed by atoms with Crippen molar-refractivity contribution < 1.29 is 38.1 Å². The second-order valence-corrected chi connectivity index (χ2v) is 23.9. The number of nitrogens with zero attached hydrogens (tertiary/aromatic N) is 3. The van der Waals surface area contributed by atoms with E-state index in [4.69, 9.17) is 18.9 Å². The molecule has 2 aromatic carbocycles. The molecule has 380 valence electrons. The molecule has 70 heavy (non-hydrogen) atoms. The molecule has 11 rings (SSSR count). The van der Waals surface area contributed by atoms with Crippen molar-refractivity contribution in [1.29, 1.82) is 0 Å². The number of hydrogen-bond donors (Lipinski definition) is 4. The van der Waals surface area contributed by atoms with Crippen molar-refractivity contribution in [3.05, 3.63) is 53.6 Å². The van der Waals surface area contributed by atoms with Gasteiger partial charge in [-0.3, -0.25) is 14.5 Å². The average Bonchev–Trinajstić information content (AvgIpc) is 4.15. The van der Waals surface area contributed by atoms with E-state index in [-0.39, 0.29) is 65.8 Å². The second kappa shape index (κ2) is 22.0. The zero-order chi connectivity index (χ0) is 47.6. The first-order chi connectivity index (χ1) is 34.3. The Bertz CT molecular complexity index is 2200. The standard InChI is InChI=1S/C53H73N7O8S2/c61-47(30-70-50-41-14-6-16-44(41)60(53(64)57-50)28-39-12-7-21-65-39)54-25-33-8-5-11-38(22-33)68-51-36-10-2-1-9-35(24-36)42-29-58(51)20-19-37(42)27-59-43-15-4-3-13-40(43)49(56-52(59)63)69-31-48(62)55-26-34-17-18-45-46(23-34)67-32-66-45/h5,8,11,17-18,22-23,35-37,39-44,49-51H,1-4,6-7,9-10,12-16,19-21,24-32H2,(H,54,61)(H,55,62)(H,56,63)(H,57,64). The second-order valence-electron chi connectivity index (χ2n) is 21.6. The number of urea groups is 2. The van der Waals surface area contributed by atoms with Gasteiger partial charge in [0.1, 0.15) is 5.75 Å². The molecule has 6 heterocycles. The van der Waals surface area contributed by atoms with Gasteiger partial charge in [0, 0.05) is 75.7 Å². The van der Waals surface area contributed by atoms with E-state index in [0.29, 0.717) is 72.4 Å². The summed E-state index contributed by atoms with van der Waals surface area (Å²) in [7, 11) is 0. The number of hydrogen-bond acceptors (Lipinski definition) is 11. The molecule has 0 radical (unpaired) electrons. The molecule has 8 fully saturated rings. The third kappa shape index (κ3) is 10.8. The quantitative estimate of drug-likeness (QED) is 0.134. The number of amides is 6. The van der Waals surface area contributed by atoms with E-state index in [2.05, 4.69) is 49.3 Å². The summed E-state index contributed by atoms with van der Waals surface area (Å²) in [4.78, 5) is 60.6. The van der Waals surface area contributed by atoms with Crippen LogP contribution in [0.4, 0.5) is 9.59 Å². The fourth-order valence-corrected chi connectivity index (χ4v) is 16.3. The van der Waals surface area contributed by atoms with Crippen LogP contribution in [0.2, 0.25) is 0 Å². The molecular weight excluding hydrogens is 927 g/mol. The van der Waals surface area contributed by atoms with E-state index in [1.165, 1.54) is 19.3 Å². The molecule has 17 heteroatoms. The van der Waals surface area contributed by atoms with Crippen molar-refractivity contribution in [1.82, 2.24) is 36.0 Å². The molecule has 3 aliphatic carbocycles. The topological polar surface area (TPSA) is 163 Å². The summed E-state index contributed by atoms with van der Waals surface area (Å²) < 4.78 is 23.8. The lowest BCUT2D eigenvalue weighted by molar-refractivity contribution is -0.119. The Balaban J connectivity index is 0.670. The van der Waals surface area contributed by atoms with Crippen LogP contribution in [0.15, 0.2) is 42.5 Å². The van der Waals surface area contributed by atoms with E-state index in [0.717, 1.165) is 126 Å². The molecule has 9 aliphatic rings. The molecule has 0 aromatic heterocycles. The van der Waals surface area contributed by atoms with Gasteiger partial charge in [0.2, 0.25) is 18.6 Å². The normalized spacial score (nSPS) is 34.3. The molecule has 5 saturated heterocycles. The molecule has 6 aliphatic heterocycles. The summed E-state index contributed by atoms with van der Waals surface area (Å²) >= 11 is 3.14. The number of nitrogens with one attached hydrogen (secondary N) is 4. The van der Waals surface area contributed by atoms with Crippen molar-refractivity contribution in [3.63, 3.8) is 0 Å². The number of piperidine rings is 1. The van der Waals surface area contributed by atoms with E-state index >= 15 is 0 Å². The maximum Gasteiger partial charge on any atom is 0.318 e. The van der Waals surface area contributed by atoms with Gasteiger partial charge in [-0.05, 0) is 111 Å². The molecule has 15 nitrogen and oxygen atoms in total. The highest BCUT2D eigenvalue weighted by molar-refractivity contribution is 8.00. The molecule has 4 N–H and O–H groups in total. The largest absolute Gasteiger partial charge is 0.475 e. The molecular formula is C53H73N7O8S2. The average molecular weight is 1000 g/mol. The van der Waals surface area contributed by atoms with E-state index < -0.39 is 0 Å². The summed E-state index contributed by atoms with van der Waals surface area (Å²) in [6.07, 6.45) is 16.8. The number of benzene rings is 2. The van der Waals surface area contributed by atoms with Gasteiger partial charge in [0.25, 0.3) is 0 Å². The fourth-order valence-electron chi connectivity index (χ4n) is 13.9. The van der Waals surface area contributed by atoms with Gasteiger partial charge in [-0.1, -0.05) is 56.7 Å². The highest BCUT2D eigenvalue weighted by atomic mass is 32.2. The predicted octanol–water partition coefficient (Wildman–Crippen LogP) is 7.28. The zero-order valence-electron chi connectivity index (χ0n) is 40.6. The molecule has 13 atom stereocenters. The Morgan fingerprint density at radius 3 is 2.11 bits per heavy atom. The Hall–Kier alpha value is -4.06. The lowest BCUT2D eigenvalue weighted by Crippen LogP contribution is -2.63. The van der Waals surface area contributed by atoms with Crippen LogP contribution < -0.4 is 35.5 Å². The van der Waals surface area contributed by atoms with Gasteiger partial charge in [0.15, 0.2) is 17.7 Å². The van der Waals surface area contributed by atoms with Crippen LogP contribution in [-0.2, 0) is 27.4 Å². The van der Waals surface area contributed by atoms with Crippen LogP contribution in [-0.4, -0.2) is 125 Å². The summed E-state index contributed by atoms with van der Waals surface area (Å²) in [5.41, 5.74) is 1.97. The lowest BCUT2D eigenvalue weighted by atomic mass is 9.73. The Morgan fingerprint density at radius 1 is 0.686 bits per heavy atom. The van der Waals surface area contributed by atoms with Crippen molar-refractivity contribution in [2.75, 3.05) is 51.1 Å². The monoisotopic (exact) mass is 999 g/mol. The molecule has 6 amide bonds. The van der Waals surface area contributed by atoms with Gasteiger partial charge in [-0.2, -0.15) is 0 Å². The number of carbonyl (C=O) groups is 4. The molecule has 0 spiro atoms. The number of thioether (sulfide) groups is 2. The summed E-state index contributed by atoms with van der Waals surface area (Å²) in [6.45, 7) is 5.23. The van der Waals surface area contributed by atoms with Crippen LogP contribution in [0, 0.1) is 35.5 Å². The van der Waals surface area contributed by atoms with Crippen LogP contribution in [0.3, 0.4) is 0 Å². The number of carbonyl (C=O) groups excluding carboxylic acids is 4. The van der Waals surface area contributed by atoms with Crippen molar-refractivity contribution in [2.45, 2.75) is 145 Å². The molecule has 2 aromatic rings. The first-order valence-electron chi connectivity index (χ1n) is 26.7. The first kappa shape index (κ1) is 48.2. The first-order valence-corrected chi connectivity index (χ1v) is 28.8. The van der Waals surface area contributed by atoms with Crippen molar-refractivity contribution in [3.8, 4) is 17.2 Å². The fraction of sp³-hybridized carbons (Fsp3) is 0.698. The highest BCUT2D eigenvalue weighted by Gasteiger charge is 2.50. The number of ether oxygens (including phenoxy) is 4. The van der Waals surface area contributed by atoms with E-state index in [9.17, 15) is 19.2 Å². The van der Waals surface area contributed by atoms with Gasteiger partial charge in [-0.25, -0.2) is 9.59 Å². The Labute approximate surface area is 421 Å². The summed E-state index contributed by atoms with van der Waals surface area (Å²) in [6, 6.07) is 14.4. The lowest BCUT2D eigenvalue weighted by Gasteiger charge is -2.50. The molecule has 4 bridgehead atoms. The maximum absolute atomic E-state index is 14.2. The van der Waals surface area contributed by atoms with Crippen LogP contribution in [0.1, 0.15) is 107 Å². The van der Waals surface area contributed by atoms with Crippen molar-refractivity contribution in [2.24, 2.45) is 35.5 Å². The number of rotatable bonds is 16. The number of fused-ring (bicyclic) bond motifs is 8. The molecule has 13 unspecified atom stereocenters. The van der Waals surface area contributed by atoms with E-state index in [1.807, 2.05) is 29.2 Å².